The van der Waals surface area contributed by atoms with Crippen LogP contribution in [0.1, 0.15) is 39.7 Å². The van der Waals surface area contributed by atoms with Gasteiger partial charge in [-0.05, 0) is 39.3 Å². The monoisotopic (exact) mass is 299 g/mol. The van der Waals surface area contributed by atoms with Crippen LogP contribution < -0.4 is 10.1 Å². The zero-order valence-electron chi connectivity index (χ0n) is 12.4. The van der Waals surface area contributed by atoms with Crippen molar-refractivity contribution in [2.45, 2.75) is 52.4 Å². The highest BCUT2D eigenvalue weighted by atomic mass is 35.5. The van der Waals surface area contributed by atoms with Gasteiger partial charge in [0.1, 0.15) is 5.75 Å². The van der Waals surface area contributed by atoms with Crippen LogP contribution in [0.2, 0.25) is 5.02 Å². The number of aliphatic hydroxyl groups excluding tert-OH is 1. The molecule has 112 valence electrons. The maximum Gasteiger partial charge on any atom is 0.261 e. The predicted molar refractivity (Wildman–Crippen MR) is 80.0 cm³/mol. The maximum absolute atomic E-state index is 12.1. The van der Waals surface area contributed by atoms with Gasteiger partial charge >= 0.3 is 0 Å². The Labute approximate surface area is 125 Å². The summed E-state index contributed by atoms with van der Waals surface area (Å²) in [6, 6.07) is 5.08. The lowest BCUT2D eigenvalue weighted by Gasteiger charge is -2.27. The number of hydrogen-bond acceptors (Lipinski definition) is 3. The number of amides is 1. The van der Waals surface area contributed by atoms with Crippen LogP contribution >= 0.6 is 11.6 Å². The molecular weight excluding hydrogens is 278 g/mol. The van der Waals surface area contributed by atoms with E-state index in [2.05, 4.69) is 5.32 Å². The second-order valence-electron chi connectivity index (χ2n) is 5.36. The fourth-order valence-electron chi connectivity index (χ4n) is 1.57. The highest BCUT2D eigenvalue weighted by Gasteiger charge is 2.23. The predicted octanol–water partition coefficient (Wildman–Crippen LogP) is 2.90. The van der Waals surface area contributed by atoms with E-state index < -0.39 is 6.10 Å². The smallest absolute Gasteiger partial charge is 0.261 e. The Kier molecular flexibility index (Phi) is 5.84. The molecule has 1 aromatic rings. The van der Waals surface area contributed by atoms with Crippen LogP contribution in [0, 0.1) is 0 Å². The van der Waals surface area contributed by atoms with Gasteiger partial charge in [0.05, 0.1) is 6.61 Å². The molecule has 0 spiro atoms. The van der Waals surface area contributed by atoms with Crippen molar-refractivity contribution < 1.29 is 14.6 Å². The van der Waals surface area contributed by atoms with Gasteiger partial charge in [-0.25, -0.2) is 0 Å². The van der Waals surface area contributed by atoms with Gasteiger partial charge in [0.15, 0.2) is 6.10 Å². The van der Waals surface area contributed by atoms with Crippen LogP contribution in [0.4, 0.5) is 0 Å². The molecule has 0 bridgehead atoms. The summed E-state index contributed by atoms with van der Waals surface area (Å²) in [6.45, 7) is 7.35. The van der Waals surface area contributed by atoms with Gasteiger partial charge in [0, 0.05) is 16.1 Å². The Hall–Kier alpha value is -1.26. The van der Waals surface area contributed by atoms with Gasteiger partial charge in [-0.1, -0.05) is 24.6 Å². The van der Waals surface area contributed by atoms with Crippen molar-refractivity contribution >= 4 is 17.5 Å². The van der Waals surface area contributed by atoms with Crippen LogP contribution in [0.15, 0.2) is 18.2 Å². The van der Waals surface area contributed by atoms with Crippen molar-refractivity contribution in [2.75, 3.05) is 0 Å². The van der Waals surface area contributed by atoms with Gasteiger partial charge < -0.3 is 15.2 Å². The number of hydrogen-bond donors (Lipinski definition) is 2. The van der Waals surface area contributed by atoms with Crippen molar-refractivity contribution in [3.8, 4) is 5.75 Å². The molecule has 0 aliphatic heterocycles. The van der Waals surface area contributed by atoms with E-state index in [0.29, 0.717) is 16.3 Å². The van der Waals surface area contributed by atoms with Crippen molar-refractivity contribution in [1.82, 2.24) is 5.32 Å². The molecule has 0 saturated carbocycles. The molecule has 0 heterocycles. The second-order valence-corrected chi connectivity index (χ2v) is 5.77. The van der Waals surface area contributed by atoms with Crippen molar-refractivity contribution in [3.63, 3.8) is 0 Å². The fraction of sp³-hybridized carbons (Fsp3) is 0.533. The number of ether oxygens (including phenoxy) is 1. The molecule has 0 aromatic heterocycles. The fourth-order valence-corrected chi connectivity index (χ4v) is 1.80. The molecule has 1 aromatic carbocycles. The van der Waals surface area contributed by atoms with Gasteiger partial charge in [0.25, 0.3) is 5.91 Å². The van der Waals surface area contributed by atoms with Crippen LogP contribution in [0.5, 0.6) is 5.75 Å². The van der Waals surface area contributed by atoms with Crippen LogP contribution in [-0.2, 0) is 11.4 Å². The number of carbonyl (C=O) groups is 1. The molecule has 4 nitrogen and oxygen atoms in total. The third-order valence-corrected chi connectivity index (χ3v) is 3.61. The lowest BCUT2D eigenvalue weighted by atomic mass is 10.0. The topological polar surface area (TPSA) is 58.6 Å². The quantitative estimate of drug-likeness (QED) is 0.849. The minimum atomic E-state index is -0.662. The Bertz CT molecular complexity index is 474. The maximum atomic E-state index is 12.1. The molecule has 0 saturated heterocycles. The molecule has 1 amide bonds. The second kappa shape index (κ2) is 6.95. The Morgan fingerprint density at radius 1 is 1.50 bits per heavy atom. The average Bonchev–Trinajstić information content (AvgIpc) is 2.38. The minimum absolute atomic E-state index is 0.194. The molecule has 0 radical (unpaired) electrons. The summed E-state index contributed by atoms with van der Waals surface area (Å²) in [7, 11) is 0. The molecule has 5 heteroatoms. The number of rotatable bonds is 6. The lowest BCUT2D eigenvalue weighted by molar-refractivity contribution is -0.129. The van der Waals surface area contributed by atoms with Gasteiger partial charge in [0.2, 0.25) is 0 Å². The third kappa shape index (κ3) is 4.39. The Balaban J connectivity index is 2.78. The number of aliphatic hydroxyl groups is 1. The van der Waals surface area contributed by atoms with E-state index in [4.69, 9.17) is 16.3 Å². The first-order chi connectivity index (χ1) is 9.30. The van der Waals surface area contributed by atoms with Gasteiger partial charge in [-0.15, -0.1) is 0 Å². The molecule has 0 aliphatic rings. The van der Waals surface area contributed by atoms with Crippen LogP contribution in [-0.4, -0.2) is 22.7 Å². The summed E-state index contributed by atoms with van der Waals surface area (Å²) in [5, 5.41) is 12.7. The first-order valence-electron chi connectivity index (χ1n) is 6.67. The van der Waals surface area contributed by atoms with Crippen LogP contribution in [0.25, 0.3) is 0 Å². The normalized spacial score (nSPS) is 12.9. The van der Waals surface area contributed by atoms with Crippen molar-refractivity contribution in [2.24, 2.45) is 0 Å². The minimum Gasteiger partial charge on any atom is -0.480 e. The Morgan fingerprint density at radius 2 is 2.15 bits per heavy atom. The van der Waals surface area contributed by atoms with Gasteiger partial charge in [-0.3, -0.25) is 4.79 Å². The van der Waals surface area contributed by atoms with E-state index in [1.54, 1.807) is 25.1 Å². The molecule has 20 heavy (non-hydrogen) atoms. The summed E-state index contributed by atoms with van der Waals surface area (Å²) in [4.78, 5) is 12.1. The number of benzene rings is 1. The van der Waals surface area contributed by atoms with E-state index in [-0.39, 0.29) is 18.1 Å². The standard InChI is InChI=1S/C15H22ClNO3/c1-5-15(3,4)17-14(19)10(2)20-13-8-6-7-12(16)11(13)9-18/h6-8,10,18H,5,9H2,1-4H3,(H,17,19). The highest BCUT2D eigenvalue weighted by molar-refractivity contribution is 6.31. The Morgan fingerprint density at radius 3 is 2.70 bits per heavy atom. The van der Waals surface area contributed by atoms with E-state index in [9.17, 15) is 9.90 Å². The zero-order valence-corrected chi connectivity index (χ0v) is 13.1. The first-order valence-corrected chi connectivity index (χ1v) is 7.05. The summed E-state index contributed by atoms with van der Waals surface area (Å²) in [5.74, 6) is 0.234. The van der Waals surface area contributed by atoms with Crippen molar-refractivity contribution in [1.29, 1.82) is 0 Å². The van der Waals surface area contributed by atoms with Gasteiger partial charge in [-0.2, -0.15) is 0 Å². The number of halogens is 1. The lowest BCUT2D eigenvalue weighted by Crippen LogP contribution is -2.48. The van der Waals surface area contributed by atoms with E-state index in [0.717, 1.165) is 6.42 Å². The molecular formula is C15H22ClNO3. The summed E-state index contributed by atoms with van der Waals surface area (Å²) >= 11 is 5.98. The van der Waals surface area contributed by atoms with Crippen LogP contribution in [0.3, 0.4) is 0 Å². The number of carbonyl (C=O) groups excluding carboxylic acids is 1. The number of nitrogens with one attached hydrogen (secondary N) is 1. The SMILES string of the molecule is CCC(C)(C)NC(=O)C(C)Oc1cccc(Cl)c1CO. The molecule has 1 unspecified atom stereocenters. The van der Waals surface area contributed by atoms with E-state index >= 15 is 0 Å². The molecule has 1 atom stereocenters. The summed E-state index contributed by atoms with van der Waals surface area (Å²) < 4.78 is 5.61. The molecule has 2 N–H and O–H groups in total. The molecule has 1 rings (SSSR count). The third-order valence-electron chi connectivity index (χ3n) is 3.25. The zero-order chi connectivity index (χ0) is 15.3. The highest BCUT2D eigenvalue weighted by Crippen LogP contribution is 2.27. The summed E-state index contributed by atoms with van der Waals surface area (Å²) in [6.07, 6.45) is 0.162. The largest absolute Gasteiger partial charge is 0.480 e. The van der Waals surface area contributed by atoms with E-state index in [1.165, 1.54) is 0 Å². The molecule has 0 aliphatic carbocycles. The average molecular weight is 300 g/mol. The van der Waals surface area contributed by atoms with Crippen molar-refractivity contribution in [3.05, 3.63) is 28.8 Å². The van der Waals surface area contributed by atoms with E-state index in [1.807, 2.05) is 20.8 Å². The molecule has 0 fully saturated rings. The summed E-state index contributed by atoms with van der Waals surface area (Å²) in [5.41, 5.74) is 0.214. The first kappa shape index (κ1) is 16.8.